The minimum absolute atomic E-state index is 0.189. The van der Waals surface area contributed by atoms with E-state index in [4.69, 9.17) is 0 Å². The molecule has 0 bridgehead atoms. The lowest BCUT2D eigenvalue weighted by molar-refractivity contribution is 0.102. The van der Waals surface area contributed by atoms with Crippen LogP contribution < -0.4 is 5.32 Å². The van der Waals surface area contributed by atoms with E-state index in [1.54, 1.807) is 12.1 Å². The molecular weight excluding hydrogens is 475 g/mol. The number of pyridine rings is 1. The molecule has 1 aromatic heterocycles. The number of carbonyl (C=O) groups excluding carboxylic acids is 1. The van der Waals surface area contributed by atoms with Crippen LogP contribution in [0.3, 0.4) is 0 Å². The van der Waals surface area contributed by atoms with Crippen LogP contribution in [0.25, 0.3) is 0 Å². The van der Waals surface area contributed by atoms with Crippen molar-refractivity contribution in [3.8, 4) is 0 Å². The molecule has 0 aliphatic carbocycles. The van der Waals surface area contributed by atoms with Gasteiger partial charge in [0, 0.05) is 8.04 Å². The third-order valence-electron chi connectivity index (χ3n) is 2.13. The Bertz CT molecular complexity index is 604. The molecule has 0 spiro atoms. The van der Waals surface area contributed by atoms with E-state index < -0.39 is 0 Å². The standard InChI is InChI=1S/C12H7Br2IN2O/c13-9-5-4-7(15)6-8(9)12(18)17-11-3-1-2-10(14)16-11/h1-6H,(H,16,17,18). The van der Waals surface area contributed by atoms with Crippen LogP contribution in [0.15, 0.2) is 45.5 Å². The highest BCUT2D eigenvalue weighted by molar-refractivity contribution is 14.1. The van der Waals surface area contributed by atoms with Gasteiger partial charge in [0.1, 0.15) is 10.4 Å². The second-order valence-corrected chi connectivity index (χ2v) is 6.34. The largest absolute Gasteiger partial charge is 0.306 e. The molecule has 1 aromatic carbocycles. The predicted molar refractivity (Wildman–Crippen MR) is 86.7 cm³/mol. The maximum atomic E-state index is 12.1. The number of hydrogen-bond acceptors (Lipinski definition) is 2. The lowest BCUT2D eigenvalue weighted by Gasteiger charge is -2.07. The number of aromatic nitrogens is 1. The average Bonchev–Trinajstić information content (AvgIpc) is 2.32. The van der Waals surface area contributed by atoms with Crippen LogP contribution in [0.1, 0.15) is 10.4 Å². The highest BCUT2D eigenvalue weighted by Crippen LogP contribution is 2.21. The Labute approximate surface area is 135 Å². The smallest absolute Gasteiger partial charge is 0.257 e. The second-order valence-electron chi connectivity index (χ2n) is 3.42. The van der Waals surface area contributed by atoms with Gasteiger partial charge in [-0.15, -0.1) is 0 Å². The molecule has 0 unspecified atom stereocenters. The zero-order chi connectivity index (χ0) is 13.1. The van der Waals surface area contributed by atoms with Gasteiger partial charge < -0.3 is 5.32 Å². The van der Waals surface area contributed by atoms with E-state index in [0.29, 0.717) is 16.0 Å². The lowest BCUT2D eigenvalue weighted by atomic mass is 10.2. The quantitative estimate of drug-likeness (QED) is 0.508. The summed E-state index contributed by atoms with van der Waals surface area (Å²) in [5.41, 5.74) is 0.587. The Morgan fingerprint density at radius 2 is 2.00 bits per heavy atom. The molecule has 1 amide bonds. The van der Waals surface area contributed by atoms with Crippen LogP contribution in [-0.4, -0.2) is 10.9 Å². The first-order valence-corrected chi connectivity index (χ1v) is 7.62. The molecule has 0 atom stereocenters. The van der Waals surface area contributed by atoms with Gasteiger partial charge in [0.25, 0.3) is 5.91 Å². The first-order chi connectivity index (χ1) is 8.56. The van der Waals surface area contributed by atoms with Crippen molar-refractivity contribution in [2.45, 2.75) is 0 Å². The molecular formula is C12H7Br2IN2O. The van der Waals surface area contributed by atoms with Gasteiger partial charge in [0.2, 0.25) is 0 Å². The minimum Gasteiger partial charge on any atom is -0.306 e. The Morgan fingerprint density at radius 1 is 1.22 bits per heavy atom. The molecule has 3 nitrogen and oxygen atoms in total. The zero-order valence-electron chi connectivity index (χ0n) is 8.95. The summed E-state index contributed by atoms with van der Waals surface area (Å²) in [6, 6.07) is 11.0. The minimum atomic E-state index is -0.189. The van der Waals surface area contributed by atoms with Gasteiger partial charge in [-0.3, -0.25) is 4.79 Å². The maximum Gasteiger partial charge on any atom is 0.257 e. The summed E-state index contributed by atoms with van der Waals surface area (Å²) in [4.78, 5) is 16.3. The first kappa shape index (κ1) is 14.0. The van der Waals surface area contributed by atoms with Crippen molar-refractivity contribution < 1.29 is 4.79 Å². The van der Waals surface area contributed by atoms with Crippen LogP contribution in [-0.2, 0) is 0 Å². The van der Waals surface area contributed by atoms with E-state index in [9.17, 15) is 4.79 Å². The molecule has 18 heavy (non-hydrogen) atoms. The van der Waals surface area contributed by atoms with Gasteiger partial charge in [-0.1, -0.05) is 6.07 Å². The second kappa shape index (κ2) is 6.12. The number of nitrogens with zero attached hydrogens (tertiary/aromatic N) is 1. The van der Waals surface area contributed by atoms with Crippen molar-refractivity contribution in [3.63, 3.8) is 0 Å². The summed E-state index contributed by atoms with van der Waals surface area (Å²) in [5.74, 6) is 0.325. The Kier molecular flexibility index (Phi) is 4.74. The summed E-state index contributed by atoms with van der Waals surface area (Å²) >= 11 is 8.79. The summed E-state index contributed by atoms with van der Waals surface area (Å²) < 4.78 is 2.44. The third-order valence-corrected chi connectivity index (χ3v) is 3.93. The highest BCUT2D eigenvalue weighted by atomic mass is 127. The van der Waals surface area contributed by atoms with Crippen molar-refractivity contribution >= 4 is 66.2 Å². The van der Waals surface area contributed by atoms with E-state index in [2.05, 4.69) is 64.8 Å². The number of halogens is 3. The SMILES string of the molecule is O=C(Nc1cccc(Br)n1)c1cc(I)ccc1Br. The fraction of sp³-hybridized carbons (Fsp3) is 0. The predicted octanol–water partition coefficient (Wildman–Crippen LogP) is 4.46. The summed E-state index contributed by atoms with van der Waals surface area (Å²) in [6.45, 7) is 0. The number of anilines is 1. The topological polar surface area (TPSA) is 42.0 Å². The molecule has 1 N–H and O–H groups in total. The van der Waals surface area contributed by atoms with E-state index in [1.165, 1.54) is 0 Å². The molecule has 2 rings (SSSR count). The fourth-order valence-electron chi connectivity index (χ4n) is 1.33. The highest BCUT2D eigenvalue weighted by Gasteiger charge is 2.11. The third kappa shape index (κ3) is 3.52. The van der Waals surface area contributed by atoms with Gasteiger partial charge in [-0.2, -0.15) is 0 Å². The van der Waals surface area contributed by atoms with Gasteiger partial charge >= 0.3 is 0 Å². The van der Waals surface area contributed by atoms with E-state index in [-0.39, 0.29) is 5.91 Å². The molecule has 0 saturated heterocycles. The lowest BCUT2D eigenvalue weighted by Crippen LogP contribution is -2.13. The van der Waals surface area contributed by atoms with Crippen molar-refractivity contribution in [1.29, 1.82) is 0 Å². The zero-order valence-corrected chi connectivity index (χ0v) is 14.3. The molecule has 1 heterocycles. The molecule has 0 radical (unpaired) electrons. The Balaban J connectivity index is 2.24. The normalized spacial score (nSPS) is 10.2. The van der Waals surface area contributed by atoms with Crippen molar-refractivity contribution in [3.05, 3.63) is 54.6 Å². The molecule has 2 aromatic rings. The Morgan fingerprint density at radius 3 is 2.72 bits per heavy atom. The molecule has 0 aliphatic heterocycles. The number of benzene rings is 1. The van der Waals surface area contributed by atoms with Crippen LogP contribution in [0.2, 0.25) is 0 Å². The van der Waals surface area contributed by atoms with Gasteiger partial charge in [0.15, 0.2) is 0 Å². The van der Waals surface area contributed by atoms with E-state index in [1.807, 2.05) is 24.3 Å². The van der Waals surface area contributed by atoms with Crippen molar-refractivity contribution in [1.82, 2.24) is 4.98 Å². The number of amides is 1. The summed E-state index contributed by atoms with van der Waals surface area (Å²) in [5, 5.41) is 2.75. The number of carbonyl (C=O) groups is 1. The molecule has 0 saturated carbocycles. The van der Waals surface area contributed by atoms with Crippen LogP contribution in [0.5, 0.6) is 0 Å². The fourth-order valence-corrected chi connectivity index (χ4v) is 2.59. The summed E-state index contributed by atoms with van der Waals surface area (Å²) in [6.07, 6.45) is 0. The van der Waals surface area contributed by atoms with Gasteiger partial charge in [-0.25, -0.2) is 4.98 Å². The van der Waals surface area contributed by atoms with Crippen LogP contribution >= 0.6 is 54.5 Å². The first-order valence-electron chi connectivity index (χ1n) is 4.95. The van der Waals surface area contributed by atoms with E-state index in [0.717, 1.165) is 8.04 Å². The molecule has 6 heteroatoms. The van der Waals surface area contributed by atoms with Crippen LogP contribution in [0, 0.1) is 3.57 Å². The number of rotatable bonds is 2. The Hall–Kier alpha value is -0.470. The molecule has 0 aliphatic rings. The number of hydrogen-bond donors (Lipinski definition) is 1. The van der Waals surface area contributed by atoms with Crippen LogP contribution in [0.4, 0.5) is 5.82 Å². The average molecular weight is 482 g/mol. The molecule has 0 fully saturated rings. The monoisotopic (exact) mass is 480 g/mol. The van der Waals surface area contributed by atoms with E-state index >= 15 is 0 Å². The number of nitrogens with one attached hydrogen (secondary N) is 1. The summed E-state index contributed by atoms with van der Waals surface area (Å²) in [7, 11) is 0. The van der Waals surface area contributed by atoms with Gasteiger partial charge in [-0.05, 0) is 84.8 Å². The van der Waals surface area contributed by atoms with Crippen molar-refractivity contribution in [2.24, 2.45) is 0 Å². The van der Waals surface area contributed by atoms with Gasteiger partial charge in [0.05, 0.1) is 5.56 Å². The maximum absolute atomic E-state index is 12.1. The molecule has 92 valence electrons. The van der Waals surface area contributed by atoms with Crippen molar-refractivity contribution in [2.75, 3.05) is 5.32 Å².